The Balaban J connectivity index is 1.44. The average Bonchev–Trinajstić information content (AvgIpc) is 3.12. The van der Waals surface area contributed by atoms with Crippen molar-refractivity contribution < 1.29 is 23.1 Å². The van der Waals surface area contributed by atoms with Crippen molar-refractivity contribution in [3.8, 4) is 11.1 Å². The Morgan fingerprint density at radius 1 is 1.07 bits per heavy atom. The Kier molecular flexibility index (Phi) is 8.77. The van der Waals surface area contributed by atoms with Crippen LogP contribution in [0.15, 0.2) is 47.0 Å². The fraction of sp³-hybridized carbons (Fsp3) is 0.486. The standard InChI is InChI=1S/C35H41F2NO3/c1-4-31-22(2)33(23(3)41-31)29-20-28-13-9-26(6-5-25-15-17-35(36,37)18-16-25)19-30(34(28)38-21-29)27-11-7-24(8-12-27)10-14-32(39)40/h7-8,11-12,19-21,25-26H,4-6,9-10,13-18H2,1-3H3,(H,39,40). The topological polar surface area (TPSA) is 63.3 Å². The SMILES string of the molecule is CCc1oc(C)c(-c2cnc3c(c2)CCC(CCC2CCC(F)(F)CC2)C=C3c2ccc(CCC(=O)O)cc2)c1C. The summed E-state index contributed by atoms with van der Waals surface area (Å²) in [5.74, 6) is -0.656. The number of hydrogen-bond acceptors (Lipinski definition) is 3. The van der Waals surface area contributed by atoms with Gasteiger partial charge < -0.3 is 9.52 Å². The summed E-state index contributed by atoms with van der Waals surface area (Å²) in [5, 5.41) is 9.07. The molecule has 2 aromatic heterocycles. The molecule has 1 N–H and O–H groups in total. The molecule has 3 aromatic rings. The molecule has 0 spiro atoms. The third kappa shape index (κ3) is 6.79. The van der Waals surface area contributed by atoms with E-state index in [0.717, 1.165) is 77.1 Å². The number of aryl methyl sites for hydroxylation is 4. The number of aromatic nitrogens is 1. The molecule has 0 aliphatic heterocycles. The molecule has 1 aromatic carbocycles. The van der Waals surface area contributed by atoms with Gasteiger partial charge in [-0.2, -0.15) is 0 Å². The molecular weight excluding hydrogens is 520 g/mol. The highest BCUT2D eigenvalue weighted by molar-refractivity contribution is 5.82. The van der Waals surface area contributed by atoms with Gasteiger partial charge in [-0.25, -0.2) is 8.78 Å². The van der Waals surface area contributed by atoms with Crippen molar-refractivity contribution >= 4 is 11.5 Å². The van der Waals surface area contributed by atoms with E-state index in [1.165, 1.54) is 11.1 Å². The van der Waals surface area contributed by atoms with Crippen LogP contribution in [0.25, 0.3) is 16.7 Å². The highest BCUT2D eigenvalue weighted by atomic mass is 19.3. The van der Waals surface area contributed by atoms with Gasteiger partial charge in [-0.15, -0.1) is 0 Å². The number of halogens is 2. The predicted octanol–water partition coefficient (Wildman–Crippen LogP) is 9.14. The smallest absolute Gasteiger partial charge is 0.303 e. The van der Waals surface area contributed by atoms with Crippen molar-refractivity contribution in [1.82, 2.24) is 4.98 Å². The van der Waals surface area contributed by atoms with Crippen LogP contribution in [-0.2, 0) is 24.1 Å². The minimum absolute atomic E-state index is 0.0162. The molecule has 5 rings (SSSR count). The van der Waals surface area contributed by atoms with Crippen LogP contribution in [-0.4, -0.2) is 22.0 Å². The lowest BCUT2D eigenvalue weighted by Crippen LogP contribution is -2.24. The Morgan fingerprint density at radius 3 is 2.46 bits per heavy atom. The van der Waals surface area contributed by atoms with E-state index in [9.17, 15) is 13.6 Å². The number of aliphatic carboxylic acids is 1. The molecule has 0 saturated heterocycles. The largest absolute Gasteiger partial charge is 0.481 e. The second-order valence-corrected chi connectivity index (χ2v) is 12.0. The van der Waals surface area contributed by atoms with Crippen LogP contribution in [0, 0.1) is 25.7 Å². The van der Waals surface area contributed by atoms with Gasteiger partial charge in [0, 0.05) is 48.6 Å². The first-order valence-corrected chi connectivity index (χ1v) is 15.1. The first-order valence-electron chi connectivity index (χ1n) is 15.1. The summed E-state index contributed by atoms with van der Waals surface area (Å²) in [7, 11) is 0. The van der Waals surface area contributed by atoms with E-state index in [1.54, 1.807) is 0 Å². The zero-order valence-corrected chi connectivity index (χ0v) is 24.4. The Morgan fingerprint density at radius 2 is 1.80 bits per heavy atom. The molecule has 41 heavy (non-hydrogen) atoms. The number of rotatable bonds is 9. The van der Waals surface area contributed by atoms with Gasteiger partial charge in [0.25, 0.3) is 0 Å². The van der Waals surface area contributed by atoms with Crippen LogP contribution >= 0.6 is 0 Å². The summed E-state index contributed by atoms with van der Waals surface area (Å²) < 4.78 is 33.5. The van der Waals surface area contributed by atoms with Gasteiger partial charge in [-0.3, -0.25) is 9.78 Å². The van der Waals surface area contributed by atoms with E-state index in [4.69, 9.17) is 14.5 Å². The Labute approximate surface area is 241 Å². The number of carboxylic acid groups (broad SMARTS) is 1. The Hall–Kier alpha value is -3.28. The number of nitrogens with zero attached hydrogens (tertiary/aromatic N) is 1. The van der Waals surface area contributed by atoms with Gasteiger partial charge in [0.05, 0.1) is 5.69 Å². The van der Waals surface area contributed by atoms with Gasteiger partial charge >= 0.3 is 5.97 Å². The van der Waals surface area contributed by atoms with Crippen LogP contribution in [0.5, 0.6) is 0 Å². The fourth-order valence-electron chi connectivity index (χ4n) is 6.69. The summed E-state index contributed by atoms with van der Waals surface area (Å²) in [6.45, 7) is 6.24. The molecule has 218 valence electrons. The summed E-state index contributed by atoms with van der Waals surface area (Å²) in [6.07, 6.45) is 10.9. The van der Waals surface area contributed by atoms with Crippen molar-refractivity contribution in [3.63, 3.8) is 0 Å². The molecular formula is C35H41F2NO3. The zero-order chi connectivity index (χ0) is 29.1. The number of benzene rings is 1. The van der Waals surface area contributed by atoms with E-state index in [2.05, 4.69) is 38.1 Å². The molecule has 2 aliphatic rings. The predicted molar refractivity (Wildman–Crippen MR) is 158 cm³/mol. The summed E-state index contributed by atoms with van der Waals surface area (Å²) >= 11 is 0. The molecule has 2 heterocycles. The van der Waals surface area contributed by atoms with E-state index in [0.29, 0.717) is 31.1 Å². The van der Waals surface area contributed by atoms with Crippen LogP contribution in [0.1, 0.15) is 97.8 Å². The molecule has 1 atom stereocenters. The molecule has 1 unspecified atom stereocenters. The molecule has 0 radical (unpaired) electrons. The average molecular weight is 562 g/mol. The number of furan rings is 1. The second-order valence-electron chi connectivity index (χ2n) is 12.0. The Bertz CT molecular complexity index is 1410. The molecule has 6 heteroatoms. The summed E-state index contributed by atoms with van der Waals surface area (Å²) in [4.78, 5) is 16.1. The fourth-order valence-corrected chi connectivity index (χ4v) is 6.69. The quantitative estimate of drug-likeness (QED) is 0.283. The van der Waals surface area contributed by atoms with Crippen molar-refractivity contribution in [1.29, 1.82) is 0 Å². The normalized spacial score (nSPS) is 19.0. The minimum atomic E-state index is -2.49. The maximum Gasteiger partial charge on any atom is 0.303 e. The lowest BCUT2D eigenvalue weighted by atomic mass is 9.81. The molecule has 4 nitrogen and oxygen atoms in total. The number of carbonyl (C=O) groups is 1. The van der Waals surface area contributed by atoms with Crippen LogP contribution in [0.4, 0.5) is 8.78 Å². The molecule has 1 fully saturated rings. The van der Waals surface area contributed by atoms with Crippen molar-refractivity contribution in [2.24, 2.45) is 11.8 Å². The summed E-state index contributed by atoms with van der Waals surface area (Å²) in [6, 6.07) is 10.4. The van der Waals surface area contributed by atoms with Gasteiger partial charge in [0.1, 0.15) is 11.5 Å². The number of allylic oxidation sites excluding steroid dienone is 1. The van der Waals surface area contributed by atoms with E-state index < -0.39 is 11.9 Å². The first kappa shape index (κ1) is 29.2. The monoisotopic (exact) mass is 561 g/mol. The third-order valence-electron chi connectivity index (χ3n) is 9.11. The molecule has 0 amide bonds. The second kappa shape index (κ2) is 12.3. The van der Waals surface area contributed by atoms with Gasteiger partial charge in [0.2, 0.25) is 5.92 Å². The summed E-state index contributed by atoms with van der Waals surface area (Å²) in [5.41, 5.74) is 8.74. The maximum absolute atomic E-state index is 13.7. The zero-order valence-electron chi connectivity index (χ0n) is 24.4. The van der Waals surface area contributed by atoms with Crippen LogP contribution < -0.4 is 0 Å². The van der Waals surface area contributed by atoms with Gasteiger partial charge in [-0.1, -0.05) is 37.3 Å². The van der Waals surface area contributed by atoms with E-state index >= 15 is 0 Å². The first-order chi connectivity index (χ1) is 19.6. The van der Waals surface area contributed by atoms with E-state index in [1.807, 2.05) is 25.3 Å². The third-order valence-corrected chi connectivity index (χ3v) is 9.11. The molecule has 2 aliphatic carbocycles. The van der Waals surface area contributed by atoms with Crippen LogP contribution in [0.2, 0.25) is 0 Å². The van der Waals surface area contributed by atoms with Gasteiger partial charge in [0.15, 0.2) is 0 Å². The highest BCUT2D eigenvalue weighted by Gasteiger charge is 2.35. The number of fused-ring (bicyclic) bond motifs is 1. The number of pyridine rings is 1. The minimum Gasteiger partial charge on any atom is -0.481 e. The van der Waals surface area contributed by atoms with Crippen molar-refractivity contribution in [3.05, 3.63) is 82.1 Å². The number of alkyl halides is 2. The maximum atomic E-state index is 13.7. The lowest BCUT2D eigenvalue weighted by Gasteiger charge is -2.29. The van der Waals surface area contributed by atoms with Gasteiger partial charge in [-0.05, 0) is 98.9 Å². The number of hydrogen-bond donors (Lipinski definition) is 1. The van der Waals surface area contributed by atoms with Crippen molar-refractivity contribution in [2.45, 2.75) is 97.3 Å². The molecule has 1 saturated carbocycles. The van der Waals surface area contributed by atoms with E-state index in [-0.39, 0.29) is 19.3 Å². The van der Waals surface area contributed by atoms with Crippen LogP contribution in [0.3, 0.4) is 0 Å². The lowest BCUT2D eigenvalue weighted by molar-refractivity contribution is -0.136. The highest BCUT2D eigenvalue weighted by Crippen LogP contribution is 2.41. The van der Waals surface area contributed by atoms with Crippen molar-refractivity contribution in [2.75, 3.05) is 0 Å². The molecule has 0 bridgehead atoms. The number of carboxylic acids is 1.